The third-order valence-corrected chi connectivity index (χ3v) is 5.37. The van der Waals surface area contributed by atoms with Crippen molar-refractivity contribution in [2.24, 2.45) is 5.10 Å². The molecule has 0 saturated heterocycles. The van der Waals surface area contributed by atoms with E-state index >= 15 is 0 Å². The second-order valence-corrected chi connectivity index (χ2v) is 7.69. The standard InChI is InChI=1S/C22H31N7O/c1-6-29(7-2)11-8-16-15(3)25-19(18(16)14-28(4)5)12-17-21(26-27-22(17)30)20-13-23-9-10-24-20/h9-10,12-13,25H,6-8,11,14H2,1-5H3,(H,27,30)/b17-12+. The molecule has 0 radical (unpaired) electrons. The smallest absolute Gasteiger partial charge is 0.273 e. The monoisotopic (exact) mass is 409 g/mol. The van der Waals surface area contributed by atoms with Crippen molar-refractivity contribution in [3.63, 3.8) is 0 Å². The number of H-pyrrole nitrogens is 1. The quantitative estimate of drug-likeness (QED) is 0.618. The van der Waals surface area contributed by atoms with Gasteiger partial charge in [-0.15, -0.1) is 0 Å². The van der Waals surface area contributed by atoms with Gasteiger partial charge < -0.3 is 14.8 Å². The topological polar surface area (TPSA) is 89.5 Å². The van der Waals surface area contributed by atoms with Gasteiger partial charge in [0.25, 0.3) is 5.91 Å². The molecule has 0 atom stereocenters. The van der Waals surface area contributed by atoms with Crippen molar-refractivity contribution in [3.05, 3.63) is 52.4 Å². The highest BCUT2D eigenvalue weighted by Crippen LogP contribution is 2.25. The summed E-state index contributed by atoms with van der Waals surface area (Å²) in [5, 5.41) is 4.18. The van der Waals surface area contributed by atoms with Crippen LogP contribution in [0.5, 0.6) is 0 Å². The molecule has 8 nitrogen and oxygen atoms in total. The fraction of sp³-hybridized carbons (Fsp3) is 0.455. The third-order valence-electron chi connectivity index (χ3n) is 5.37. The molecule has 1 aliphatic heterocycles. The first-order chi connectivity index (χ1) is 14.4. The number of amides is 1. The number of hydrogen-bond donors (Lipinski definition) is 2. The molecule has 0 bridgehead atoms. The van der Waals surface area contributed by atoms with E-state index in [2.05, 4.69) is 70.1 Å². The van der Waals surface area contributed by atoms with Crippen molar-refractivity contribution < 1.29 is 4.79 Å². The number of hydrazone groups is 1. The van der Waals surface area contributed by atoms with Crippen LogP contribution >= 0.6 is 0 Å². The Morgan fingerprint density at radius 3 is 2.53 bits per heavy atom. The Bertz CT molecular complexity index is 940. The van der Waals surface area contributed by atoms with Gasteiger partial charge in [-0.2, -0.15) is 5.10 Å². The van der Waals surface area contributed by atoms with E-state index in [4.69, 9.17) is 0 Å². The van der Waals surface area contributed by atoms with E-state index in [0.717, 1.165) is 44.0 Å². The zero-order chi connectivity index (χ0) is 21.7. The van der Waals surface area contributed by atoms with Crippen LogP contribution in [0.3, 0.4) is 0 Å². The second kappa shape index (κ2) is 9.77. The highest BCUT2D eigenvalue weighted by atomic mass is 16.2. The number of rotatable bonds is 9. The molecule has 2 aromatic rings. The van der Waals surface area contributed by atoms with Crippen LogP contribution < -0.4 is 5.43 Å². The van der Waals surface area contributed by atoms with Gasteiger partial charge in [-0.05, 0) is 57.7 Å². The molecule has 3 heterocycles. The van der Waals surface area contributed by atoms with Crippen LogP contribution in [0.25, 0.3) is 6.08 Å². The molecule has 0 aliphatic carbocycles. The maximum Gasteiger partial charge on any atom is 0.273 e. The highest BCUT2D eigenvalue weighted by molar-refractivity contribution is 6.32. The lowest BCUT2D eigenvalue weighted by molar-refractivity contribution is -0.116. The van der Waals surface area contributed by atoms with E-state index in [1.54, 1.807) is 18.6 Å². The molecule has 2 N–H and O–H groups in total. The molecular formula is C22H31N7O. The van der Waals surface area contributed by atoms with Gasteiger partial charge in [0, 0.05) is 36.9 Å². The summed E-state index contributed by atoms with van der Waals surface area (Å²) < 4.78 is 0. The number of nitrogens with one attached hydrogen (secondary N) is 2. The molecule has 30 heavy (non-hydrogen) atoms. The molecule has 2 aromatic heterocycles. The predicted molar refractivity (Wildman–Crippen MR) is 119 cm³/mol. The summed E-state index contributed by atoms with van der Waals surface area (Å²) in [6.07, 6.45) is 7.67. The number of carbonyl (C=O) groups is 1. The maximum atomic E-state index is 12.5. The van der Waals surface area contributed by atoms with Gasteiger partial charge in [0.2, 0.25) is 0 Å². The van der Waals surface area contributed by atoms with Crippen molar-refractivity contribution >= 4 is 17.7 Å². The van der Waals surface area contributed by atoms with Crippen LogP contribution in [0.2, 0.25) is 0 Å². The minimum Gasteiger partial charge on any atom is -0.359 e. The first kappa shape index (κ1) is 21.9. The average molecular weight is 410 g/mol. The predicted octanol–water partition coefficient (Wildman–Crippen LogP) is 1.98. The number of nitrogens with zero attached hydrogens (tertiary/aromatic N) is 5. The molecule has 1 aliphatic rings. The van der Waals surface area contributed by atoms with E-state index in [1.165, 1.54) is 11.1 Å². The first-order valence-corrected chi connectivity index (χ1v) is 10.4. The lowest BCUT2D eigenvalue weighted by Gasteiger charge is -2.19. The Kier molecular flexibility index (Phi) is 7.12. The van der Waals surface area contributed by atoms with E-state index in [1.807, 2.05) is 6.08 Å². The molecule has 0 spiro atoms. The molecule has 0 fully saturated rings. The second-order valence-electron chi connectivity index (χ2n) is 7.69. The first-order valence-electron chi connectivity index (χ1n) is 10.4. The van der Waals surface area contributed by atoms with Crippen LogP contribution in [-0.4, -0.2) is 70.1 Å². The minimum atomic E-state index is -0.233. The van der Waals surface area contributed by atoms with Crippen molar-refractivity contribution in [2.45, 2.75) is 33.7 Å². The largest absolute Gasteiger partial charge is 0.359 e. The summed E-state index contributed by atoms with van der Waals surface area (Å²) >= 11 is 0. The zero-order valence-electron chi connectivity index (χ0n) is 18.5. The van der Waals surface area contributed by atoms with Crippen molar-refractivity contribution in [1.29, 1.82) is 0 Å². The SMILES string of the molecule is CCN(CC)CCc1c(C)[nH]c(/C=C2/C(=O)NN=C2c2cnccn2)c1CN(C)C. The fourth-order valence-electron chi connectivity index (χ4n) is 3.74. The summed E-state index contributed by atoms with van der Waals surface area (Å²) in [6, 6.07) is 0. The molecule has 0 unspecified atom stereocenters. The Morgan fingerprint density at radius 2 is 1.90 bits per heavy atom. The number of carbonyl (C=O) groups excluding carboxylic acids is 1. The van der Waals surface area contributed by atoms with E-state index in [9.17, 15) is 4.79 Å². The number of hydrogen-bond acceptors (Lipinski definition) is 6. The summed E-state index contributed by atoms with van der Waals surface area (Å²) in [6.45, 7) is 10.4. The van der Waals surface area contributed by atoms with Gasteiger partial charge in [-0.1, -0.05) is 13.8 Å². The maximum absolute atomic E-state index is 12.5. The fourth-order valence-corrected chi connectivity index (χ4v) is 3.74. The Balaban J connectivity index is 1.99. The van der Waals surface area contributed by atoms with Crippen molar-refractivity contribution in [1.82, 2.24) is 30.2 Å². The number of likely N-dealkylation sites (N-methyl/N-ethyl adjacent to an activating group) is 1. The lowest BCUT2D eigenvalue weighted by atomic mass is 10.0. The Morgan fingerprint density at radius 1 is 1.13 bits per heavy atom. The number of aromatic nitrogens is 3. The molecule has 0 aromatic carbocycles. The van der Waals surface area contributed by atoms with Crippen molar-refractivity contribution in [2.75, 3.05) is 33.7 Å². The summed E-state index contributed by atoms with van der Waals surface area (Å²) in [4.78, 5) is 29.0. The van der Waals surface area contributed by atoms with Crippen LogP contribution in [0, 0.1) is 6.92 Å². The van der Waals surface area contributed by atoms with Crippen molar-refractivity contribution in [3.8, 4) is 0 Å². The summed E-state index contributed by atoms with van der Waals surface area (Å²) in [5.74, 6) is -0.233. The highest BCUT2D eigenvalue weighted by Gasteiger charge is 2.26. The minimum absolute atomic E-state index is 0.233. The molecule has 0 saturated carbocycles. The lowest BCUT2D eigenvalue weighted by Crippen LogP contribution is -2.26. The van der Waals surface area contributed by atoms with E-state index in [-0.39, 0.29) is 5.91 Å². The van der Waals surface area contributed by atoms with Gasteiger partial charge in [0.1, 0.15) is 11.4 Å². The molecule has 8 heteroatoms. The van der Waals surface area contributed by atoms with Gasteiger partial charge in [0.05, 0.1) is 11.8 Å². The van der Waals surface area contributed by atoms with E-state index < -0.39 is 0 Å². The number of aromatic amines is 1. The summed E-state index contributed by atoms with van der Waals surface area (Å²) in [5.41, 5.74) is 8.76. The van der Waals surface area contributed by atoms with Gasteiger partial charge in [-0.3, -0.25) is 14.8 Å². The Hall–Kier alpha value is -2.84. The van der Waals surface area contributed by atoms with Crippen LogP contribution in [0.4, 0.5) is 0 Å². The zero-order valence-corrected chi connectivity index (χ0v) is 18.5. The van der Waals surface area contributed by atoms with Crippen LogP contribution in [-0.2, 0) is 17.8 Å². The third kappa shape index (κ3) is 4.83. The Labute approximate surface area is 178 Å². The van der Waals surface area contributed by atoms with Crippen LogP contribution in [0.15, 0.2) is 29.3 Å². The van der Waals surface area contributed by atoms with Gasteiger partial charge in [0.15, 0.2) is 0 Å². The van der Waals surface area contributed by atoms with Gasteiger partial charge in [-0.25, -0.2) is 5.43 Å². The normalized spacial score (nSPS) is 15.4. The number of aryl methyl sites for hydroxylation is 1. The van der Waals surface area contributed by atoms with Crippen LogP contribution in [0.1, 0.15) is 42.1 Å². The van der Waals surface area contributed by atoms with E-state index in [0.29, 0.717) is 17.0 Å². The summed E-state index contributed by atoms with van der Waals surface area (Å²) in [7, 11) is 4.12. The molecule has 3 rings (SSSR count). The average Bonchev–Trinajstić information content (AvgIpc) is 3.23. The molecule has 160 valence electrons. The molecular weight excluding hydrogens is 378 g/mol. The van der Waals surface area contributed by atoms with Gasteiger partial charge >= 0.3 is 0 Å². The molecule has 1 amide bonds.